The van der Waals surface area contributed by atoms with Crippen LogP contribution in [0, 0.1) is 0 Å². The first-order valence-corrected chi connectivity index (χ1v) is 5.07. The number of aromatic carboxylic acids is 1. The summed E-state index contributed by atoms with van der Waals surface area (Å²) in [6.45, 7) is -0.660. The van der Waals surface area contributed by atoms with Gasteiger partial charge in [-0.1, -0.05) is 0 Å². The van der Waals surface area contributed by atoms with E-state index in [1.165, 1.54) is 0 Å². The van der Waals surface area contributed by atoms with E-state index in [1.807, 2.05) is 0 Å². The van der Waals surface area contributed by atoms with Gasteiger partial charge in [-0.2, -0.15) is 18.3 Å². The molecule has 0 radical (unpaired) electrons. The molecule has 3 N–H and O–H groups in total. The molecule has 0 spiro atoms. The van der Waals surface area contributed by atoms with Crippen LogP contribution in [0.3, 0.4) is 0 Å². The summed E-state index contributed by atoms with van der Waals surface area (Å²) >= 11 is 0. The molecular weight excluding hydrogens is 271 g/mol. The van der Waals surface area contributed by atoms with Crippen molar-refractivity contribution in [1.29, 1.82) is 0 Å². The molecule has 0 bridgehead atoms. The summed E-state index contributed by atoms with van der Waals surface area (Å²) in [5.41, 5.74) is -0.491. The Hall–Kier alpha value is -2.26. The van der Waals surface area contributed by atoms with E-state index in [-0.39, 0.29) is 16.2 Å². The number of hydrogen-bond donors (Lipinski definition) is 3. The van der Waals surface area contributed by atoms with Crippen LogP contribution in [0.15, 0.2) is 0 Å². The van der Waals surface area contributed by atoms with Crippen molar-refractivity contribution < 1.29 is 33.0 Å². The molecule has 1 aromatic rings. The SMILES string of the molecule is O=C(O)c1n[nH]c2c1CN(C(=O)O)C(C(F)(F)F)C2. The van der Waals surface area contributed by atoms with Crippen LogP contribution in [-0.2, 0) is 13.0 Å². The van der Waals surface area contributed by atoms with Crippen molar-refractivity contribution in [2.75, 3.05) is 0 Å². The minimum Gasteiger partial charge on any atom is -0.476 e. The first-order chi connectivity index (χ1) is 8.71. The molecule has 1 aliphatic heterocycles. The molecule has 7 nitrogen and oxygen atoms in total. The second-order valence-corrected chi connectivity index (χ2v) is 4.01. The van der Waals surface area contributed by atoms with Gasteiger partial charge in [0.15, 0.2) is 5.69 Å². The number of fused-ring (bicyclic) bond motifs is 1. The molecule has 1 atom stereocenters. The molecule has 0 fully saturated rings. The van der Waals surface area contributed by atoms with Crippen LogP contribution < -0.4 is 0 Å². The molecule has 1 amide bonds. The molecule has 0 aromatic carbocycles. The zero-order valence-corrected chi connectivity index (χ0v) is 9.23. The highest BCUT2D eigenvalue weighted by atomic mass is 19.4. The smallest absolute Gasteiger partial charge is 0.409 e. The van der Waals surface area contributed by atoms with Crippen molar-refractivity contribution >= 4 is 12.1 Å². The summed E-state index contributed by atoms with van der Waals surface area (Å²) in [5.74, 6) is -1.42. The molecule has 0 aliphatic carbocycles. The fourth-order valence-electron chi connectivity index (χ4n) is 1.99. The molecule has 1 unspecified atom stereocenters. The number of carboxylic acid groups (broad SMARTS) is 2. The predicted molar refractivity (Wildman–Crippen MR) is 52.7 cm³/mol. The summed E-state index contributed by atoms with van der Waals surface area (Å²) in [7, 11) is 0. The van der Waals surface area contributed by atoms with Gasteiger partial charge in [-0.05, 0) is 0 Å². The minimum atomic E-state index is -4.73. The monoisotopic (exact) mass is 279 g/mol. The second-order valence-electron chi connectivity index (χ2n) is 4.01. The van der Waals surface area contributed by atoms with Gasteiger partial charge in [0.2, 0.25) is 0 Å². The standard InChI is InChI=1S/C9H8F3N3O4/c10-9(11,12)5-1-4-3(2-15(5)8(18)19)6(7(16)17)14-13-4/h5H,1-2H2,(H,13,14)(H,16,17)(H,18,19). The first kappa shape index (κ1) is 13.2. The van der Waals surface area contributed by atoms with E-state index < -0.39 is 42.9 Å². The van der Waals surface area contributed by atoms with Gasteiger partial charge in [0.1, 0.15) is 6.04 Å². The Morgan fingerprint density at radius 1 is 1.37 bits per heavy atom. The van der Waals surface area contributed by atoms with Gasteiger partial charge in [0.25, 0.3) is 0 Å². The number of amides is 1. The zero-order valence-electron chi connectivity index (χ0n) is 9.23. The number of H-pyrrole nitrogens is 1. The summed E-state index contributed by atoms with van der Waals surface area (Å²) in [4.78, 5) is 21.9. The number of halogens is 3. The van der Waals surface area contributed by atoms with Gasteiger partial charge in [-0.15, -0.1) is 0 Å². The maximum atomic E-state index is 12.8. The van der Waals surface area contributed by atoms with Crippen LogP contribution in [-0.4, -0.2) is 49.6 Å². The van der Waals surface area contributed by atoms with Crippen LogP contribution in [0.1, 0.15) is 21.7 Å². The number of nitrogens with one attached hydrogen (secondary N) is 1. The number of carboxylic acids is 1. The third-order valence-electron chi connectivity index (χ3n) is 2.88. The lowest BCUT2D eigenvalue weighted by Gasteiger charge is -2.34. The number of alkyl halides is 3. The molecule has 1 aliphatic rings. The van der Waals surface area contributed by atoms with Crippen LogP contribution in [0.25, 0.3) is 0 Å². The van der Waals surface area contributed by atoms with Gasteiger partial charge >= 0.3 is 18.2 Å². The van der Waals surface area contributed by atoms with Gasteiger partial charge in [0, 0.05) is 17.7 Å². The highest BCUT2D eigenvalue weighted by Gasteiger charge is 2.49. The molecular formula is C9H8F3N3O4. The van der Waals surface area contributed by atoms with Crippen molar-refractivity contribution in [3.8, 4) is 0 Å². The summed E-state index contributed by atoms with van der Waals surface area (Å²) < 4.78 is 38.3. The Morgan fingerprint density at radius 2 is 2.00 bits per heavy atom. The van der Waals surface area contributed by atoms with Crippen molar-refractivity contribution in [3.05, 3.63) is 17.0 Å². The first-order valence-electron chi connectivity index (χ1n) is 5.07. The van der Waals surface area contributed by atoms with E-state index in [0.717, 1.165) is 0 Å². The Labute approximate surface area is 103 Å². The molecule has 1 aromatic heterocycles. The maximum Gasteiger partial charge on any atom is 0.409 e. The fraction of sp³-hybridized carbons (Fsp3) is 0.444. The lowest BCUT2D eigenvalue weighted by atomic mass is 9.98. The van der Waals surface area contributed by atoms with Crippen molar-refractivity contribution in [3.63, 3.8) is 0 Å². The summed E-state index contributed by atoms with van der Waals surface area (Å²) in [5, 5.41) is 23.2. The highest BCUT2D eigenvalue weighted by molar-refractivity contribution is 5.87. The van der Waals surface area contributed by atoms with Crippen molar-refractivity contribution in [1.82, 2.24) is 15.1 Å². The number of carbonyl (C=O) groups is 2. The molecule has 0 saturated heterocycles. The quantitative estimate of drug-likeness (QED) is 0.713. The Morgan fingerprint density at radius 3 is 2.47 bits per heavy atom. The van der Waals surface area contributed by atoms with Crippen LogP contribution in [0.2, 0.25) is 0 Å². The largest absolute Gasteiger partial charge is 0.476 e. The number of aromatic amines is 1. The Bertz CT molecular complexity index is 539. The van der Waals surface area contributed by atoms with E-state index in [1.54, 1.807) is 0 Å². The van der Waals surface area contributed by atoms with E-state index in [9.17, 15) is 22.8 Å². The van der Waals surface area contributed by atoms with Crippen molar-refractivity contribution in [2.24, 2.45) is 0 Å². The van der Waals surface area contributed by atoms with E-state index in [0.29, 0.717) is 0 Å². The topological polar surface area (TPSA) is 107 Å². The third kappa shape index (κ3) is 2.20. The number of rotatable bonds is 1. The van der Waals surface area contributed by atoms with Crippen molar-refractivity contribution in [2.45, 2.75) is 25.2 Å². The predicted octanol–water partition coefficient (Wildman–Crippen LogP) is 1.07. The van der Waals surface area contributed by atoms with Crippen LogP contribution in [0.5, 0.6) is 0 Å². The van der Waals surface area contributed by atoms with E-state index >= 15 is 0 Å². The fourth-order valence-corrected chi connectivity index (χ4v) is 1.99. The lowest BCUT2D eigenvalue weighted by Crippen LogP contribution is -2.51. The lowest BCUT2D eigenvalue weighted by molar-refractivity contribution is -0.181. The van der Waals surface area contributed by atoms with Gasteiger partial charge < -0.3 is 10.2 Å². The normalized spacial score (nSPS) is 19.1. The zero-order chi connectivity index (χ0) is 14.4. The van der Waals surface area contributed by atoms with Gasteiger partial charge in [0.05, 0.1) is 6.54 Å². The number of aromatic nitrogens is 2. The van der Waals surface area contributed by atoms with Crippen LogP contribution >= 0.6 is 0 Å². The Balaban J connectivity index is 2.44. The molecule has 104 valence electrons. The highest BCUT2D eigenvalue weighted by Crippen LogP contribution is 2.33. The second kappa shape index (κ2) is 4.14. The summed E-state index contributed by atoms with van der Waals surface area (Å²) in [6.07, 6.45) is -7.17. The summed E-state index contributed by atoms with van der Waals surface area (Å²) in [6, 6.07) is -2.21. The number of nitrogens with zero attached hydrogens (tertiary/aromatic N) is 2. The number of hydrogen-bond acceptors (Lipinski definition) is 3. The van der Waals surface area contributed by atoms with Gasteiger partial charge in [-0.25, -0.2) is 9.59 Å². The van der Waals surface area contributed by atoms with Crippen LogP contribution in [0.4, 0.5) is 18.0 Å². The maximum absolute atomic E-state index is 12.8. The Kier molecular flexibility index (Phi) is 2.87. The molecule has 19 heavy (non-hydrogen) atoms. The van der Waals surface area contributed by atoms with Gasteiger partial charge in [-0.3, -0.25) is 10.00 Å². The minimum absolute atomic E-state index is 0.00257. The molecule has 0 saturated carbocycles. The molecule has 2 rings (SSSR count). The third-order valence-corrected chi connectivity index (χ3v) is 2.88. The molecule has 2 heterocycles. The average Bonchev–Trinajstić information content (AvgIpc) is 2.68. The molecule has 10 heteroatoms. The van der Waals surface area contributed by atoms with E-state index in [4.69, 9.17) is 10.2 Å². The van der Waals surface area contributed by atoms with E-state index in [2.05, 4.69) is 10.2 Å². The average molecular weight is 279 g/mol.